The number of hydrogen-bond acceptors (Lipinski definition) is 3. The monoisotopic (exact) mass is 262 g/mol. The standard InChI is InChI=1S/C13H16N2O2.C2H6/c1-9-8-15(12(16)17-13(2,3)4)10-6-5-7-14-11(9)10;1-2/h5-8H,1-4H3;1-2H3. The van der Waals surface area contributed by atoms with Crippen LogP contribution in [0.25, 0.3) is 11.0 Å². The molecule has 104 valence electrons. The number of fused-ring (bicyclic) bond motifs is 1. The molecule has 0 aromatic carbocycles. The first kappa shape index (κ1) is 15.2. The first-order valence-electron chi connectivity index (χ1n) is 6.54. The Bertz CT molecular complexity index is 565. The van der Waals surface area contributed by atoms with Crippen molar-refractivity contribution in [3.8, 4) is 0 Å². The Balaban J connectivity index is 0.000000861. The average Bonchev–Trinajstić information content (AvgIpc) is 2.68. The molecule has 0 radical (unpaired) electrons. The lowest BCUT2D eigenvalue weighted by atomic mass is 10.2. The van der Waals surface area contributed by atoms with Gasteiger partial charge in [0.2, 0.25) is 0 Å². The molecule has 4 nitrogen and oxygen atoms in total. The first-order valence-corrected chi connectivity index (χ1v) is 6.54. The minimum Gasteiger partial charge on any atom is -0.443 e. The van der Waals surface area contributed by atoms with Gasteiger partial charge in [-0.2, -0.15) is 0 Å². The second kappa shape index (κ2) is 5.87. The van der Waals surface area contributed by atoms with Crippen molar-refractivity contribution in [1.29, 1.82) is 0 Å². The Kier molecular flexibility index (Phi) is 4.70. The van der Waals surface area contributed by atoms with Crippen LogP contribution in [0.3, 0.4) is 0 Å². The summed E-state index contributed by atoms with van der Waals surface area (Å²) >= 11 is 0. The number of pyridine rings is 1. The van der Waals surface area contributed by atoms with Crippen LogP contribution in [0, 0.1) is 6.92 Å². The van der Waals surface area contributed by atoms with Crippen LogP contribution in [-0.4, -0.2) is 21.2 Å². The number of nitrogens with zero attached hydrogens (tertiary/aromatic N) is 2. The normalized spacial score (nSPS) is 10.8. The third-order valence-corrected chi connectivity index (χ3v) is 2.33. The molecule has 2 aromatic rings. The van der Waals surface area contributed by atoms with E-state index < -0.39 is 5.60 Å². The fourth-order valence-corrected chi connectivity index (χ4v) is 1.68. The van der Waals surface area contributed by atoms with Crippen LogP contribution in [0.5, 0.6) is 0 Å². The smallest absolute Gasteiger partial charge is 0.419 e. The molecule has 0 saturated heterocycles. The molecule has 0 amide bonds. The lowest BCUT2D eigenvalue weighted by molar-refractivity contribution is 0.0544. The summed E-state index contributed by atoms with van der Waals surface area (Å²) in [5.41, 5.74) is 2.08. The van der Waals surface area contributed by atoms with Crippen LogP contribution in [0.15, 0.2) is 24.5 Å². The molecule has 19 heavy (non-hydrogen) atoms. The lowest BCUT2D eigenvalue weighted by Crippen LogP contribution is -2.26. The molecule has 0 aliphatic rings. The summed E-state index contributed by atoms with van der Waals surface area (Å²) in [4.78, 5) is 16.3. The molecular formula is C15H22N2O2. The third kappa shape index (κ3) is 3.56. The van der Waals surface area contributed by atoms with Crippen molar-refractivity contribution in [3.05, 3.63) is 30.1 Å². The number of ether oxygens (including phenoxy) is 1. The Hall–Kier alpha value is -1.84. The van der Waals surface area contributed by atoms with Gasteiger partial charge in [-0.25, -0.2) is 4.79 Å². The van der Waals surface area contributed by atoms with Crippen LogP contribution in [0.2, 0.25) is 0 Å². The van der Waals surface area contributed by atoms with Crippen molar-refractivity contribution in [2.45, 2.75) is 47.1 Å². The van der Waals surface area contributed by atoms with Crippen LogP contribution in [-0.2, 0) is 4.74 Å². The van der Waals surface area contributed by atoms with Crippen molar-refractivity contribution in [3.63, 3.8) is 0 Å². The number of aromatic nitrogens is 2. The molecule has 0 N–H and O–H groups in total. The number of hydrogen-bond donors (Lipinski definition) is 0. The second-order valence-corrected chi connectivity index (χ2v) is 5.03. The summed E-state index contributed by atoms with van der Waals surface area (Å²) in [6.45, 7) is 11.5. The SMILES string of the molecule is CC.Cc1cn(C(=O)OC(C)(C)C)c2cccnc12. The van der Waals surface area contributed by atoms with Crippen molar-refractivity contribution in [2.24, 2.45) is 0 Å². The van der Waals surface area contributed by atoms with Gasteiger partial charge in [0.15, 0.2) is 0 Å². The number of aryl methyl sites for hydroxylation is 1. The maximum Gasteiger partial charge on any atom is 0.419 e. The molecule has 0 saturated carbocycles. The van der Waals surface area contributed by atoms with E-state index in [0.717, 1.165) is 16.6 Å². The highest BCUT2D eigenvalue weighted by Crippen LogP contribution is 2.19. The van der Waals surface area contributed by atoms with E-state index in [2.05, 4.69) is 4.98 Å². The van der Waals surface area contributed by atoms with Gasteiger partial charge in [0.05, 0.1) is 11.0 Å². The highest BCUT2D eigenvalue weighted by atomic mass is 16.6. The van der Waals surface area contributed by atoms with E-state index in [4.69, 9.17) is 4.74 Å². The van der Waals surface area contributed by atoms with Crippen LogP contribution >= 0.6 is 0 Å². The van der Waals surface area contributed by atoms with Crippen LogP contribution in [0.1, 0.15) is 40.2 Å². The summed E-state index contributed by atoms with van der Waals surface area (Å²) in [7, 11) is 0. The Morgan fingerprint density at radius 3 is 2.53 bits per heavy atom. The molecule has 2 aromatic heterocycles. The molecule has 2 rings (SSSR count). The van der Waals surface area contributed by atoms with E-state index in [1.807, 2.05) is 53.7 Å². The van der Waals surface area contributed by atoms with Gasteiger partial charge in [-0.05, 0) is 45.4 Å². The molecule has 0 fully saturated rings. The molecular weight excluding hydrogens is 240 g/mol. The zero-order chi connectivity index (χ0) is 14.6. The zero-order valence-corrected chi connectivity index (χ0v) is 12.5. The summed E-state index contributed by atoms with van der Waals surface area (Å²) in [5, 5.41) is 0. The van der Waals surface area contributed by atoms with E-state index in [-0.39, 0.29) is 6.09 Å². The maximum atomic E-state index is 12.0. The van der Waals surface area contributed by atoms with Gasteiger partial charge in [-0.15, -0.1) is 0 Å². The predicted molar refractivity (Wildman–Crippen MR) is 77.5 cm³/mol. The van der Waals surface area contributed by atoms with Gasteiger partial charge in [0.25, 0.3) is 0 Å². The Labute approximate surface area is 114 Å². The minimum atomic E-state index is -0.496. The predicted octanol–water partition coefficient (Wildman–Crippen LogP) is 4.15. The molecule has 0 aliphatic heterocycles. The quantitative estimate of drug-likeness (QED) is 0.716. The molecule has 2 heterocycles. The highest BCUT2D eigenvalue weighted by molar-refractivity contribution is 5.89. The maximum absolute atomic E-state index is 12.0. The van der Waals surface area contributed by atoms with Gasteiger partial charge in [0, 0.05) is 12.4 Å². The third-order valence-electron chi connectivity index (χ3n) is 2.33. The fraction of sp³-hybridized carbons (Fsp3) is 0.467. The van der Waals surface area contributed by atoms with Crippen molar-refractivity contribution >= 4 is 17.1 Å². The van der Waals surface area contributed by atoms with Gasteiger partial charge in [0.1, 0.15) is 5.60 Å². The minimum absolute atomic E-state index is 0.372. The summed E-state index contributed by atoms with van der Waals surface area (Å²) < 4.78 is 6.84. The molecule has 0 spiro atoms. The zero-order valence-electron chi connectivity index (χ0n) is 12.5. The summed E-state index contributed by atoms with van der Waals surface area (Å²) in [5.74, 6) is 0. The van der Waals surface area contributed by atoms with Crippen LogP contribution < -0.4 is 0 Å². The molecule has 0 atom stereocenters. The Morgan fingerprint density at radius 1 is 1.32 bits per heavy atom. The molecule has 0 unspecified atom stereocenters. The number of carbonyl (C=O) groups is 1. The summed E-state index contributed by atoms with van der Waals surface area (Å²) in [6.07, 6.45) is 3.10. The van der Waals surface area contributed by atoms with Crippen molar-refractivity contribution in [1.82, 2.24) is 9.55 Å². The van der Waals surface area contributed by atoms with Crippen molar-refractivity contribution < 1.29 is 9.53 Å². The molecule has 0 aliphatic carbocycles. The average molecular weight is 262 g/mol. The largest absolute Gasteiger partial charge is 0.443 e. The lowest BCUT2D eigenvalue weighted by Gasteiger charge is -2.19. The van der Waals surface area contributed by atoms with E-state index in [1.165, 1.54) is 4.57 Å². The first-order chi connectivity index (χ1) is 8.88. The summed E-state index contributed by atoms with van der Waals surface area (Å²) in [6, 6.07) is 3.67. The van der Waals surface area contributed by atoms with E-state index in [9.17, 15) is 4.79 Å². The van der Waals surface area contributed by atoms with E-state index in [0.29, 0.717) is 0 Å². The topological polar surface area (TPSA) is 44.1 Å². The molecule has 0 bridgehead atoms. The molecule has 4 heteroatoms. The fourth-order valence-electron chi connectivity index (χ4n) is 1.68. The number of carbonyl (C=O) groups excluding carboxylic acids is 1. The van der Waals surface area contributed by atoms with Gasteiger partial charge < -0.3 is 4.74 Å². The number of rotatable bonds is 0. The van der Waals surface area contributed by atoms with E-state index >= 15 is 0 Å². The van der Waals surface area contributed by atoms with Crippen molar-refractivity contribution in [2.75, 3.05) is 0 Å². The van der Waals surface area contributed by atoms with Gasteiger partial charge in [-0.3, -0.25) is 9.55 Å². The Morgan fingerprint density at radius 2 is 1.95 bits per heavy atom. The van der Waals surface area contributed by atoms with Gasteiger partial charge >= 0.3 is 6.09 Å². The van der Waals surface area contributed by atoms with Gasteiger partial charge in [-0.1, -0.05) is 13.8 Å². The second-order valence-electron chi connectivity index (χ2n) is 5.03. The van der Waals surface area contributed by atoms with Crippen LogP contribution in [0.4, 0.5) is 4.79 Å². The van der Waals surface area contributed by atoms with E-state index in [1.54, 1.807) is 12.4 Å². The highest BCUT2D eigenvalue weighted by Gasteiger charge is 2.19.